The van der Waals surface area contributed by atoms with Gasteiger partial charge in [-0.05, 0) is 96.5 Å². The standard InChI is InChI=1S/C31H35N3O3S/c1-19-13-22(31(3,4)5)14-20(2)24(19)17-37-25-12-11-21(15-26(25)36-6)16-33-34-18-32-29-28(30(34)35)23-9-7-8-10-27(23)38-29/h11-16,18H,7-10,17H2,1-6H3. The number of aromatic nitrogens is 2. The maximum atomic E-state index is 13.2. The second-order valence-corrected chi connectivity index (χ2v) is 12.2. The third-order valence-electron chi connectivity index (χ3n) is 7.31. The molecule has 7 heteroatoms. The minimum atomic E-state index is -0.110. The number of hydrogen-bond acceptors (Lipinski definition) is 6. The highest BCUT2D eigenvalue weighted by Crippen LogP contribution is 2.34. The van der Waals surface area contributed by atoms with Crippen molar-refractivity contribution in [2.45, 2.75) is 72.3 Å². The number of thiophene rings is 1. The molecule has 0 saturated heterocycles. The van der Waals surface area contributed by atoms with Crippen LogP contribution in [0.1, 0.15) is 71.9 Å². The van der Waals surface area contributed by atoms with Crippen LogP contribution in [0.4, 0.5) is 0 Å². The van der Waals surface area contributed by atoms with Gasteiger partial charge in [0, 0.05) is 4.88 Å². The van der Waals surface area contributed by atoms with Crippen LogP contribution >= 0.6 is 11.3 Å². The van der Waals surface area contributed by atoms with Gasteiger partial charge in [0.1, 0.15) is 17.8 Å². The Labute approximate surface area is 228 Å². The van der Waals surface area contributed by atoms with Crippen molar-refractivity contribution in [3.8, 4) is 11.5 Å². The van der Waals surface area contributed by atoms with Crippen LogP contribution < -0.4 is 15.0 Å². The number of nitrogens with zero attached hydrogens (tertiary/aromatic N) is 3. The van der Waals surface area contributed by atoms with Crippen LogP contribution in [0.3, 0.4) is 0 Å². The van der Waals surface area contributed by atoms with Gasteiger partial charge in [0.25, 0.3) is 5.56 Å². The summed E-state index contributed by atoms with van der Waals surface area (Å²) in [4.78, 5) is 19.8. The molecule has 1 aliphatic carbocycles. The zero-order valence-electron chi connectivity index (χ0n) is 23.1. The Kier molecular flexibility index (Phi) is 7.14. The number of hydrogen-bond donors (Lipinski definition) is 0. The third kappa shape index (κ3) is 5.12. The Hall–Kier alpha value is -3.45. The van der Waals surface area contributed by atoms with Crippen molar-refractivity contribution in [3.63, 3.8) is 0 Å². The number of methoxy groups -OCH3 is 1. The van der Waals surface area contributed by atoms with Gasteiger partial charge < -0.3 is 9.47 Å². The average molecular weight is 530 g/mol. The normalized spacial score (nSPS) is 13.7. The Morgan fingerprint density at radius 2 is 1.82 bits per heavy atom. The Bertz CT molecular complexity index is 1570. The summed E-state index contributed by atoms with van der Waals surface area (Å²) in [7, 11) is 1.62. The number of ether oxygens (including phenoxy) is 2. The SMILES string of the molecule is COc1cc(C=Nn2cnc3sc4c(c3c2=O)CCCC4)ccc1OCc1c(C)cc(C(C)(C)C)cc1C. The predicted octanol–water partition coefficient (Wildman–Crippen LogP) is 6.72. The Morgan fingerprint density at radius 1 is 1.08 bits per heavy atom. The molecular formula is C31H35N3O3S. The largest absolute Gasteiger partial charge is 0.493 e. The van der Waals surface area contributed by atoms with Gasteiger partial charge in [-0.1, -0.05) is 32.9 Å². The molecule has 198 valence electrons. The third-order valence-corrected chi connectivity index (χ3v) is 8.51. The van der Waals surface area contributed by atoms with Crippen LogP contribution in [-0.2, 0) is 24.9 Å². The summed E-state index contributed by atoms with van der Waals surface area (Å²) in [5.41, 5.74) is 6.91. The molecule has 0 aliphatic heterocycles. The minimum absolute atomic E-state index is 0.103. The van der Waals surface area contributed by atoms with E-state index in [0.717, 1.165) is 35.0 Å². The molecule has 2 aromatic heterocycles. The van der Waals surface area contributed by atoms with Gasteiger partial charge in [-0.15, -0.1) is 11.3 Å². The summed E-state index contributed by atoms with van der Waals surface area (Å²) in [6.45, 7) is 11.4. The van der Waals surface area contributed by atoms with E-state index in [1.807, 2.05) is 18.2 Å². The number of fused-ring (bicyclic) bond motifs is 3. The molecule has 0 amide bonds. The van der Waals surface area contributed by atoms with E-state index in [1.165, 1.54) is 50.1 Å². The molecule has 0 N–H and O–H groups in total. The van der Waals surface area contributed by atoms with E-state index < -0.39 is 0 Å². The van der Waals surface area contributed by atoms with Crippen LogP contribution in [0.25, 0.3) is 10.2 Å². The fourth-order valence-electron chi connectivity index (χ4n) is 5.04. The zero-order chi connectivity index (χ0) is 27.0. The first-order chi connectivity index (χ1) is 18.2. The van der Waals surface area contributed by atoms with Gasteiger partial charge in [-0.3, -0.25) is 4.79 Å². The molecule has 0 bridgehead atoms. The van der Waals surface area contributed by atoms with Gasteiger partial charge in [-0.2, -0.15) is 9.78 Å². The van der Waals surface area contributed by atoms with E-state index in [4.69, 9.17) is 9.47 Å². The summed E-state index contributed by atoms with van der Waals surface area (Å²) in [6, 6.07) is 10.2. The van der Waals surface area contributed by atoms with Crippen LogP contribution in [-0.4, -0.2) is 23.0 Å². The lowest BCUT2D eigenvalue weighted by Gasteiger charge is -2.22. The molecule has 0 saturated carbocycles. The van der Waals surface area contributed by atoms with Crippen molar-refractivity contribution in [1.82, 2.24) is 9.66 Å². The van der Waals surface area contributed by atoms with Crippen LogP contribution in [0.15, 0.2) is 46.6 Å². The van der Waals surface area contributed by atoms with Crippen molar-refractivity contribution >= 4 is 27.8 Å². The predicted molar refractivity (Wildman–Crippen MR) is 155 cm³/mol. The summed E-state index contributed by atoms with van der Waals surface area (Å²) >= 11 is 1.64. The summed E-state index contributed by atoms with van der Waals surface area (Å²) in [5.74, 6) is 1.27. The van der Waals surface area contributed by atoms with Crippen molar-refractivity contribution in [2.75, 3.05) is 7.11 Å². The lowest BCUT2D eigenvalue weighted by atomic mass is 9.84. The number of rotatable bonds is 6. The second kappa shape index (κ2) is 10.4. The molecule has 0 spiro atoms. The van der Waals surface area contributed by atoms with E-state index in [1.54, 1.807) is 24.7 Å². The number of benzene rings is 2. The van der Waals surface area contributed by atoms with E-state index in [2.05, 4.69) is 56.8 Å². The maximum Gasteiger partial charge on any atom is 0.282 e. The highest BCUT2D eigenvalue weighted by Gasteiger charge is 2.20. The topological polar surface area (TPSA) is 65.7 Å². The quantitative estimate of drug-likeness (QED) is 0.260. The van der Waals surface area contributed by atoms with Crippen molar-refractivity contribution < 1.29 is 9.47 Å². The molecule has 38 heavy (non-hydrogen) atoms. The first kappa shape index (κ1) is 26.2. The second-order valence-electron chi connectivity index (χ2n) is 11.1. The van der Waals surface area contributed by atoms with Crippen LogP contribution in [0, 0.1) is 13.8 Å². The van der Waals surface area contributed by atoms with Crippen LogP contribution in [0.5, 0.6) is 11.5 Å². The van der Waals surface area contributed by atoms with E-state index in [-0.39, 0.29) is 11.0 Å². The highest BCUT2D eigenvalue weighted by atomic mass is 32.1. The molecule has 4 aromatic rings. The van der Waals surface area contributed by atoms with Gasteiger partial charge in [-0.25, -0.2) is 4.98 Å². The first-order valence-electron chi connectivity index (χ1n) is 13.1. The van der Waals surface area contributed by atoms with E-state index >= 15 is 0 Å². The van der Waals surface area contributed by atoms with E-state index in [0.29, 0.717) is 18.1 Å². The molecule has 0 radical (unpaired) electrons. The minimum Gasteiger partial charge on any atom is -0.493 e. The van der Waals surface area contributed by atoms with Gasteiger partial charge in [0.15, 0.2) is 11.5 Å². The molecule has 2 heterocycles. The lowest BCUT2D eigenvalue weighted by molar-refractivity contribution is 0.283. The van der Waals surface area contributed by atoms with Crippen molar-refractivity contribution in [3.05, 3.63) is 85.3 Å². The fraction of sp³-hybridized carbons (Fsp3) is 0.387. The Balaban J connectivity index is 1.36. The van der Waals surface area contributed by atoms with Crippen molar-refractivity contribution in [2.24, 2.45) is 5.10 Å². The monoisotopic (exact) mass is 529 g/mol. The molecule has 1 aliphatic rings. The van der Waals surface area contributed by atoms with Gasteiger partial charge in [0.05, 0.1) is 18.7 Å². The molecular weight excluding hydrogens is 494 g/mol. The van der Waals surface area contributed by atoms with Crippen LogP contribution in [0.2, 0.25) is 0 Å². The molecule has 6 nitrogen and oxygen atoms in total. The molecule has 0 fully saturated rings. The zero-order valence-corrected chi connectivity index (χ0v) is 23.9. The van der Waals surface area contributed by atoms with E-state index in [9.17, 15) is 4.79 Å². The molecule has 5 rings (SSSR count). The lowest BCUT2D eigenvalue weighted by Crippen LogP contribution is -2.18. The molecule has 2 aromatic carbocycles. The maximum absolute atomic E-state index is 13.2. The fourth-order valence-corrected chi connectivity index (χ4v) is 6.26. The smallest absolute Gasteiger partial charge is 0.282 e. The summed E-state index contributed by atoms with van der Waals surface area (Å²) in [5, 5.41) is 5.16. The average Bonchev–Trinajstić information content (AvgIpc) is 3.27. The van der Waals surface area contributed by atoms with Gasteiger partial charge in [0.2, 0.25) is 0 Å². The van der Waals surface area contributed by atoms with Crippen molar-refractivity contribution in [1.29, 1.82) is 0 Å². The summed E-state index contributed by atoms with van der Waals surface area (Å²) < 4.78 is 13.1. The van der Waals surface area contributed by atoms with Gasteiger partial charge >= 0.3 is 0 Å². The molecule has 0 atom stereocenters. The first-order valence-corrected chi connectivity index (χ1v) is 13.9. The molecule has 0 unspecified atom stereocenters. The summed E-state index contributed by atoms with van der Waals surface area (Å²) in [6.07, 6.45) is 7.43. The number of aryl methyl sites for hydroxylation is 4. The highest BCUT2D eigenvalue weighted by molar-refractivity contribution is 7.18. The Morgan fingerprint density at radius 3 is 2.53 bits per heavy atom.